The zero-order valence-corrected chi connectivity index (χ0v) is 17.6. The zero-order chi connectivity index (χ0) is 20.5. The molecule has 2 atom stereocenters. The van der Waals surface area contributed by atoms with Crippen molar-refractivity contribution in [2.75, 3.05) is 11.5 Å². The van der Waals surface area contributed by atoms with E-state index in [1.165, 1.54) is 23.1 Å². The molecule has 1 aliphatic carbocycles. The average molecular weight is 442 g/mol. The van der Waals surface area contributed by atoms with Gasteiger partial charge in [0.25, 0.3) is 5.91 Å². The Bertz CT molecular complexity index is 1090. The van der Waals surface area contributed by atoms with Gasteiger partial charge in [0.05, 0.1) is 24.0 Å². The van der Waals surface area contributed by atoms with Crippen molar-refractivity contribution in [3.8, 4) is 0 Å². The van der Waals surface area contributed by atoms with Gasteiger partial charge in [0, 0.05) is 5.92 Å². The summed E-state index contributed by atoms with van der Waals surface area (Å²) in [5.74, 6) is 1.73. The molecular formula is C20H19N5O3S2. The summed E-state index contributed by atoms with van der Waals surface area (Å²) in [7, 11) is 0. The van der Waals surface area contributed by atoms with Crippen molar-refractivity contribution in [3.05, 3.63) is 53.9 Å². The third kappa shape index (κ3) is 3.68. The number of furan rings is 2. The Labute approximate surface area is 180 Å². The predicted molar refractivity (Wildman–Crippen MR) is 115 cm³/mol. The van der Waals surface area contributed by atoms with Crippen LogP contribution >= 0.6 is 23.1 Å². The maximum Gasteiger partial charge on any atom is 0.253 e. The summed E-state index contributed by atoms with van der Waals surface area (Å²) in [5.41, 5.74) is 7.68. The first kappa shape index (κ1) is 19.1. The lowest BCUT2D eigenvalue weighted by Gasteiger charge is -2.27. The van der Waals surface area contributed by atoms with Gasteiger partial charge in [-0.25, -0.2) is 5.01 Å². The quantitative estimate of drug-likeness (QED) is 0.590. The van der Waals surface area contributed by atoms with E-state index in [0.29, 0.717) is 9.47 Å². The maximum atomic E-state index is 13.1. The number of amides is 1. The van der Waals surface area contributed by atoms with E-state index in [-0.39, 0.29) is 23.6 Å². The van der Waals surface area contributed by atoms with Crippen molar-refractivity contribution in [3.63, 3.8) is 0 Å². The SMILES string of the molecule is Nc1nnc(SCC(=O)N2N=C3/C(=C/c4ccco4)CCC[C@H]3[C@@H]2c2ccco2)s1. The molecule has 0 bridgehead atoms. The molecule has 3 aromatic rings. The Hall–Kier alpha value is -2.85. The molecule has 0 saturated heterocycles. The molecule has 0 aromatic carbocycles. The molecule has 5 rings (SSSR count). The van der Waals surface area contributed by atoms with E-state index in [1.807, 2.05) is 30.3 Å². The van der Waals surface area contributed by atoms with Crippen LogP contribution in [0.25, 0.3) is 6.08 Å². The second-order valence-corrected chi connectivity index (χ2v) is 9.29. The van der Waals surface area contributed by atoms with Crippen LogP contribution in [0.2, 0.25) is 0 Å². The lowest BCUT2D eigenvalue weighted by atomic mass is 9.79. The van der Waals surface area contributed by atoms with Crippen LogP contribution in [0.4, 0.5) is 5.13 Å². The van der Waals surface area contributed by atoms with E-state index in [1.54, 1.807) is 17.5 Å². The van der Waals surface area contributed by atoms with Gasteiger partial charge in [-0.3, -0.25) is 4.79 Å². The minimum atomic E-state index is -0.247. The van der Waals surface area contributed by atoms with Crippen molar-refractivity contribution in [1.29, 1.82) is 0 Å². The smallest absolute Gasteiger partial charge is 0.253 e. The molecule has 1 saturated carbocycles. The van der Waals surface area contributed by atoms with Crippen molar-refractivity contribution < 1.29 is 13.6 Å². The Balaban J connectivity index is 1.44. The predicted octanol–water partition coefficient (Wildman–Crippen LogP) is 4.22. The molecule has 30 heavy (non-hydrogen) atoms. The van der Waals surface area contributed by atoms with Gasteiger partial charge in [-0.05, 0) is 55.2 Å². The molecule has 10 heteroatoms. The summed E-state index contributed by atoms with van der Waals surface area (Å²) in [4.78, 5) is 13.1. The van der Waals surface area contributed by atoms with Crippen LogP contribution in [0.15, 0.2) is 60.6 Å². The van der Waals surface area contributed by atoms with Gasteiger partial charge in [0.1, 0.15) is 17.6 Å². The number of hydrogen-bond acceptors (Lipinski definition) is 9. The Morgan fingerprint density at radius 3 is 2.90 bits per heavy atom. The van der Waals surface area contributed by atoms with Crippen LogP contribution in [0.1, 0.15) is 36.8 Å². The fourth-order valence-corrected chi connectivity index (χ4v) is 5.45. The molecule has 1 fully saturated rings. The maximum absolute atomic E-state index is 13.1. The van der Waals surface area contributed by atoms with Crippen molar-refractivity contribution in [2.24, 2.45) is 11.0 Å². The van der Waals surface area contributed by atoms with Crippen LogP contribution < -0.4 is 5.73 Å². The van der Waals surface area contributed by atoms with Gasteiger partial charge in [0.15, 0.2) is 4.34 Å². The van der Waals surface area contributed by atoms with Crippen molar-refractivity contribution >= 4 is 45.9 Å². The van der Waals surface area contributed by atoms with E-state index < -0.39 is 0 Å². The van der Waals surface area contributed by atoms with Crippen LogP contribution in [-0.2, 0) is 4.79 Å². The number of thioether (sulfide) groups is 1. The summed E-state index contributed by atoms with van der Waals surface area (Å²) >= 11 is 2.58. The van der Waals surface area contributed by atoms with E-state index in [4.69, 9.17) is 19.7 Å². The molecule has 1 amide bonds. The van der Waals surface area contributed by atoms with Gasteiger partial charge in [-0.2, -0.15) is 5.10 Å². The zero-order valence-electron chi connectivity index (χ0n) is 15.9. The third-order valence-corrected chi connectivity index (χ3v) is 7.06. The summed E-state index contributed by atoms with van der Waals surface area (Å²) in [6.07, 6.45) is 8.19. The number of nitrogen functional groups attached to an aromatic ring is 1. The van der Waals surface area contributed by atoms with E-state index in [0.717, 1.165) is 42.1 Å². The average Bonchev–Trinajstić information content (AvgIpc) is 3.52. The highest BCUT2D eigenvalue weighted by molar-refractivity contribution is 8.01. The van der Waals surface area contributed by atoms with Gasteiger partial charge < -0.3 is 14.6 Å². The van der Waals surface area contributed by atoms with Crippen molar-refractivity contribution in [2.45, 2.75) is 29.6 Å². The highest BCUT2D eigenvalue weighted by atomic mass is 32.2. The first-order valence-corrected chi connectivity index (χ1v) is 11.4. The standard InChI is InChI=1S/C20H19N5O3S2/c21-19-22-23-20(30-19)29-11-16(26)25-18(15-7-3-9-28-15)14-6-1-4-12(17(14)24-25)10-13-5-2-8-27-13/h2-3,5,7-10,14,18H,1,4,6,11H2,(H2,21,22)/b12-10+/t14-,18-/m1/s1. The number of fused-ring (bicyclic) bond motifs is 1. The molecule has 8 nitrogen and oxygen atoms in total. The molecule has 4 heterocycles. The molecule has 2 aliphatic rings. The number of hydrazone groups is 1. The fourth-order valence-electron chi connectivity index (χ4n) is 3.96. The molecule has 1 aliphatic heterocycles. The first-order chi connectivity index (χ1) is 14.7. The number of carbonyl (C=O) groups excluding carboxylic acids is 1. The monoisotopic (exact) mass is 441 g/mol. The minimum absolute atomic E-state index is 0.0947. The lowest BCUT2D eigenvalue weighted by molar-refractivity contribution is -0.131. The fraction of sp³-hybridized carbons (Fsp3) is 0.300. The van der Waals surface area contributed by atoms with Gasteiger partial charge in [0.2, 0.25) is 5.13 Å². The Morgan fingerprint density at radius 1 is 1.30 bits per heavy atom. The molecule has 154 valence electrons. The summed E-state index contributed by atoms with van der Waals surface area (Å²) in [6, 6.07) is 7.29. The van der Waals surface area contributed by atoms with Crippen LogP contribution in [-0.4, -0.2) is 32.6 Å². The van der Waals surface area contributed by atoms with E-state index >= 15 is 0 Å². The largest absolute Gasteiger partial charge is 0.467 e. The Kier molecular flexibility index (Phi) is 5.17. The van der Waals surface area contributed by atoms with Crippen LogP contribution in [0.5, 0.6) is 0 Å². The van der Waals surface area contributed by atoms with Crippen LogP contribution in [0, 0.1) is 5.92 Å². The second-order valence-electron chi connectivity index (χ2n) is 7.06. The number of allylic oxidation sites excluding steroid dienone is 1. The summed E-state index contributed by atoms with van der Waals surface area (Å²) in [6.45, 7) is 0. The highest BCUT2D eigenvalue weighted by Crippen LogP contribution is 2.44. The number of aromatic nitrogens is 2. The lowest BCUT2D eigenvalue weighted by Crippen LogP contribution is -2.32. The molecule has 0 radical (unpaired) electrons. The van der Waals surface area contributed by atoms with Gasteiger partial charge in [-0.1, -0.05) is 23.1 Å². The molecule has 2 N–H and O–H groups in total. The topological polar surface area (TPSA) is 111 Å². The number of anilines is 1. The van der Waals surface area contributed by atoms with Crippen LogP contribution in [0.3, 0.4) is 0 Å². The number of rotatable bonds is 5. The number of nitrogens with two attached hydrogens (primary N) is 1. The summed E-state index contributed by atoms with van der Waals surface area (Å²) in [5, 5.41) is 14.5. The van der Waals surface area contributed by atoms with E-state index in [2.05, 4.69) is 10.2 Å². The molecule has 0 spiro atoms. The van der Waals surface area contributed by atoms with E-state index in [9.17, 15) is 4.79 Å². The number of carbonyl (C=O) groups is 1. The number of nitrogens with zero attached hydrogens (tertiary/aromatic N) is 4. The Morgan fingerprint density at radius 2 is 2.17 bits per heavy atom. The summed E-state index contributed by atoms with van der Waals surface area (Å²) < 4.78 is 11.9. The molecule has 0 unspecified atom stereocenters. The third-order valence-electron chi connectivity index (χ3n) is 5.19. The number of hydrogen-bond donors (Lipinski definition) is 1. The minimum Gasteiger partial charge on any atom is -0.467 e. The molecular weight excluding hydrogens is 422 g/mol. The first-order valence-electron chi connectivity index (χ1n) is 9.59. The van der Waals surface area contributed by atoms with Gasteiger partial charge >= 0.3 is 0 Å². The van der Waals surface area contributed by atoms with Gasteiger partial charge in [-0.15, -0.1) is 10.2 Å². The molecule has 3 aromatic heterocycles. The normalized spacial score (nSPS) is 22.3. The van der Waals surface area contributed by atoms with Crippen molar-refractivity contribution in [1.82, 2.24) is 15.2 Å². The highest BCUT2D eigenvalue weighted by Gasteiger charge is 2.45. The second kappa shape index (κ2) is 8.11.